The quantitative estimate of drug-likeness (QED) is 0.173. The third-order valence-electron chi connectivity index (χ3n) is 9.50. The zero-order chi connectivity index (χ0) is 34.6. The van der Waals surface area contributed by atoms with Crippen LogP contribution < -0.4 is 14.8 Å². The molecule has 7 nitrogen and oxygen atoms in total. The summed E-state index contributed by atoms with van der Waals surface area (Å²) in [5.74, 6) is 0.555. The lowest BCUT2D eigenvalue weighted by atomic mass is 9.77. The van der Waals surface area contributed by atoms with Gasteiger partial charge in [-0.3, -0.25) is 4.79 Å². The predicted molar refractivity (Wildman–Crippen MR) is 191 cm³/mol. The topological polar surface area (TPSA) is 94.1 Å². The molecule has 0 saturated carbocycles. The van der Waals surface area contributed by atoms with Gasteiger partial charge in [-0.25, -0.2) is 4.79 Å². The van der Waals surface area contributed by atoms with E-state index in [0.29, 0.717) is 57.4 Å². The first kappa shape index (κ1) is 31.0. The Labute approximate surface area is 289 Å². The first-order valence-corrected chi connectivity index (χ1v) is 16.4. The summed E-state index contributed by atoms with van der Waals surface area (Å²) in [6.07, 6.45) is 0. The highest BCUT2D eigenvalue weighted by molar-refractivity contribution is 6.06. The molecule has 2 aliphatic heterocycles. The molecule has 2 heterocycles. The summed E-state index contributed by atoms with van der Waals surface area (Å²) in [7, 11) is 0. The Morgan fingerprint density at radius 3 is 2.14 bits per heavy atom. The largest absolute Gasteiger partial charge is 0.508 e. The number of phenolic OH excluding ortho intramolecular Hbond substituents is 1. The number of benzene rings is 6. The molecule has 50 heavy (non-hydrogen) atoms. The van der Waals surface area contributed by atoms with Gasteiger partial charge in [0.15, 0.2) is 5.60 Å². The van der Waals surface area contributed by atoms with Gasteiger partial charge in [-0.2, -0.15) is 0 Å². The van der Waals surface area contributed by atoms with Crippen molar-refractivity contribution >= 4 is 17.6 Å². The van der Waals surface area contributed by atoms with Crippen LogP contribution in [-0.4, -0.2) is 17.0 Å². The number of rotatable bonds is 6. The van der Waals surface area contributed by atoms with E-state index in [0.717, 1.165) is 27.8 Å². The van der Waals surface area contributed by atoms with E-state index in [9.17, 15) is 14.7 Å². The lowest BCUT2D eigenvalue weighted by molar-refractivity contribution is 0.0224. The fraction of sp³-hybridized carbons (Fsp3) is 0.116. The van der Waals surface area contributed by atoms with Crippen LogP contribution in [0.25, 0.3) is 11.1 Å². The van der Waals surface area contributed by atoms with Crippen LogP contribution in [-0.2, 0) is 16.9 Å². The molecule has 2 N–H and O–H groups in total. The van der Waals surface area contributed by atoms with Crippen molar-refractivity contribution in [3.63, 3.8) is 0 Å². The normalized spacial score (nSPS) is 15.4. The number of fused-ring (bicyclic) bond motifs is 6. The summed E-state index contributed by atoms with van der Waals surface area (Å²) in [6, 6.07) is 37.0. The Balaban J connectivity index is 1.11. The van der Waals surface area contributed by atoms with Gasteiger partial charge in [0.05, 0.1) is 5.56 Å². The van der Waals surface area contributed by atoms with Crippen molar-refractivity contribution < 1.29 is 28.9 Å². The highest BCUT2D eigenvalue weighted by Gasteiger charge is 2.53. The average molecular weight is 660 g/mol. The van der Waals surface area contributed by atoms with E-state index in [-0.39, 0.29) is 11.7 Å². The van der Waals surface area contributed by atoms with E-state index in [1.807, 2.05) is 54.6 Å². The number of anilines is 1. The van der Waals surface area contributed by atoms with Crippen LogP contribution in [0.4, 0.5) is 5.69 Å². The number of amides is 1. The summed E-state index contributed by atoms with van der Waals surface area (Å²) in [6.45, 7) is 6.61. The number of aromatic hydroxyl groups is 1. The lowest BCUT2D eigenvalue weighted by Crippen LogP contribution is -2.33. The minimum absolute atomic E-state index is 0.0134. The van der Waals surface area contributed by atoms with Gasteiger partial charge in [0, 0.05) is 40.1 Å². The van der Waals surface area contributed by atoms with Crippen molar-refractivity contribution in [2.24, 2.45) is 0 Å². The predicted octanol–water partition coefficient (Wildman–Crippen LogP) is 9.38. The lowest BCUT2D eigenvalue weighted by Gasteiger charge is -2.36. The van der Waals surface area contributed by atoms with Crippen molar-refractivity contribution in [3.8, 4) is 34.1 Å². The molecule has 1 spiro atoms. The monoisotopic (exact) mass is 659 g/mol. The number of aryl methyl sites for hydroxylation is 3. The Hall–Kier alpha value is -6.34. The van der Waals surface area contributed by atoms with Gasteiger partial charge < -0.3 is 24.6 Å². The van der Waals surface area contributed by atoms with Crippen LogP contribution in [0.1, 0.15) is 59.7 Å². The number of carbonyl (C=O) groups is 2. The third kappa shape index (κ3) is 5.24. The Morgan fingerprint density at radius 2 is 1.40 bits per heavy atom. The summed E-state index contributed by atoms with van der Waals surface area (Å²) in [5, 5.41) is 13.3. The maximum atomic E-state index is 13.7. The molecule has 0 radical (unpaired) electrons. The second-order valence-electron chi connectivity index (χ2n) is 12.8. The average Bonchev–Trinajstić information content (AvgIpc) is 3.39. The molecule has 1 atom stereocenters. The molecule has 7 heteroatoms. The number of esters is 1. The number of hydrogen-bond donors (Lipinski definition) is 2. The molecule has 6 aromatic rings. The van der Waals surface area contributed by atoms with E-state index in [1.165, 1.54) is 11.6 Å². The maximum Gasteiger partial charge on any atom is 0.340 e. The molecule has 246 valence electrons. The van der Waals surface area contributed by atoms with E-state index < -0.39 is 11.6 Å². The van der Waals surface area contributed by atoms with Gasteiger partial charge in [0.1, 0.15) is 29.6 Å². The van der Waals surface area contributed by atoms with Crippen LogP contribution in [0, 0.1) is 20.8 Å². The van der Waals surface area contributed by atoms with Gasteiger partial charge in [-0.1, -0.05) is 66.2 Å². The van der Waals surface area contributed by atoms with Gasteiger partial charge >= 0.3 is 5.97 Å². The molecular weight excluding hydrogens is 626 g/mol. The standard InChI is InChI=1S/C43H33NO6/c1-25-19-26(2)35(27(3)20-25)24-48-33-15-18-38-40(23-33)49-39-22-32(45)14-17-37(39)43(38)36-16-13-31(21-34(36)42(47)50-43)44-41(46)30-11-9-29(10-12-30)28-7-5-4-6-8-28/h4-23,45H,24H2,1-3H3,(H,44,46). The number of hydrogen-bond acceptors (Lipinski definition) is 6. The highest BCUT2D eigenvalue weighted by Crippen LogP contribution is 2.57. The maximum absolute atomic E-state index is 13.7. The summed E-state index contributed by atoms with van der Waals surface area (Å²) in [5.41, 5.74) is 8.42. The molecule has 1 amide bonds. The number of phenols is 1. The molecule has 0 aliphatic carbocycles. The molecule has 0 saturated heterocycles. The van der Waals surface area contributed by atoms with Gasteiger partial charge in [-0.15, -0.1) is 0 Å². The van der Waals surface area contributed by atoms with Gasteiger partial charge in [0.2, 0.25) is 0 Å². The van der Waals surface area contributed by atoms with Crippen LogP contribution in [0.15, 0.2) is 121 Å². The van der Waals surface area contributed by atoms with E-state index >= 15 is 0 Å². The van der Waals surface area contributed by atoms with Crippen LogP contribution >= 0.6 is 0 Å². The summed E-state index contributed by atoms with van der Waals surface area (Å²) >= 11 is 0. The number of carbonyl (C=O) groups excluding carboxylic acids is 2. The first-order valence-electron chi connectivity index (χ1n) is 16.4. The highest BCUT2D eigenvalue weighted by atomic mass is 16.6. The Bertz CT molecular complexity index is 2310. The van der Waals surface area contributed by atoms with Crippen molar-refractivity contribution in [2.75, 3.05) is 5.32 Å². The number of ether oxygens (including phenoxy) is 3. The molecule has 0 fully saturated rings. The fourth-order valence-corrected chi connectivity index (χ4v) is 7.11. The molecule has 2 aliphatic rings. The van der Waals surface area contributed by atoms with Crippen LogP contribution in [0.5, 0.6) is 23.0 Å². The Morgan fingerprint density at radius 1 is 0.740 bits per heavy atom. The zero-order valence-corrected chi connectivity index (χ0v) is 27.7. The SMILES string of the molecule is Cc1cc(C)c(COc2ccc3c(c2)Oc2cc(O)ccc2C32OC(=O)c3cc(NC(=O)c4ccc(-c5ccccc5)cc4)ccc32)c(C)c1. The van der Waals surface area contributed by atoms with E-state index in [4.69, 9.17) is 14.2 Å². The van der Waals surface area contributed by atoms with Crippen LogP contribution in [0.2, 0.25) is 0 Å². The number of nitrogens with one attached hydrogen (secondary N) is 1. The summed E-state index contributed by atoms with van der Waals surface area (Å²) in [4.78, 5) is 26.9. The minimum atomic E-state index is -1.35. The van der Waals surface area contributed by atoms with Crippen molar-refractivity contribution in [3.05, 3.63) is 171 Å². The molecule has 0 aromatic heterocycles. The molecule has 1 unspecified atom stereocenters. The smallest absolute Gasteiger partial charge is 0.340 e. The molecule has 8 rings (SSSR count). The minimum Gasteiger partial charge on any atom is -0.508 e. The second kappa shape index (κ2) is 12.0. The first-order chi connectivity index (χ1) is 24.2. The third-order valence-corrected chi connectivity index (χ3v) is 9.50. The van der Waals surface area contributed by atoms with Crippen molar-refractivity contribution in [1.29, 1.82) is 0 Å². The zero-order valence-electron chi connectivity index (χ0n) is 27.7. The van der Waals surface area contributed by atoms with Gasteiger partial charge in [-0.05, 0) is 97.1 Å². The fourth-order valence-electron chi connectivity index (χ4n) is 7.11. The molecular formula is C43H33NO6. The van der Waals surface area contributed by atoms with Crippen molar-refractivity contribution in [1.82, 2.24) is 0 Å². The van der Waals surface area contributed by atoms with E-state index in [2.05, 4.69) is 38.2 Å². The van der Waals surface area contributed by atoms with Crippen LogP contribution in [0.3, 0.4) is 0 Å². The Kier molecular flexibility index (Phi) is 7.41. The van der Waals surface area contributed by atoms with Gasteiger partial charge in [0.25, 0.3) is 5.91 Å². The summed E-state index contributed by atoms with van der Waals surface area (Å²) < 4.78 is 18.9. The second-order valence-corrected chi connectivity index (χ2v) is 12.8. The van der Waals surface area contributed by atoms with Crippen molar-refractivity contribution in [2.45, 2.75) is 33.0 Å². The molecule has 0 bridgehead atoms. The van der Waals surface area contributed by atoms with E-state index in [1.54, 1.807) is 48.5 Å². The molecule has 6 aromatic carbocycles.